The van der Waals surface area contributed by atoms with Crippen LogP contribution < -0.4 is 10.2 Å². The van der Waals surface area contributed by atoms with E-state index >= 15 is 0 Å². The Kier molecular flexibility index (Phi) is 5.17. The number of aryl methyl sites for hydroxylation is 1. The standard InChI is InChI=1S/C15H26N4O/c1-4-6-13-17-14(16-5-2)9-15(18-13)19-8-7-11(3)12(19)10-20/h9,11-12,20H,4-8,10H2,1-3H3,(H,16,17,18). The Bertz CT molecular complexity index is 414. The van der Waals surface area contributed by atoms with Gasteiger partial charge < -0.3 is 15.3 Å². The number of aliphatic hydroxyl groups excluding tert-OH is 1. The zero-order valence-electron chi connectivity index (χ0n) is 12.8. The zero-order valence-corrected chi connectivity index (χ0v) is 12.8. The quantitative estimate of drug-likeness (QED) is 0.834. The molecule has 112 valence electrons. The lowest BCUT2D eigenvalue weighted by Crippen LogP contribution is -2.36. The molecule has 0 radical (unpaired) electrons. The van der Waals surface area contributed by atoms with Gasteiger partial charge in [-0.2, -0.15) is 0 Å². The average Bonchev–Trinajstić information content (AvgIpc) is 2.80. The lowest BCUT2D eigenvalue weighted by Gasteiger charge is -2.27. The number of aromatic nitrogens is 2. The van der Waals surface area contributed by atoms with Crippen molar-refractivity contribution in [2.75, 3.05) is 29.9 Å². The van der Waals surface area contributed by atoms with E-state index in [1.807, 2.05) is 6.07 Å². The summed E-state index contributed by atoms with van der Waals surface area (Å²) in [5.41, 5.74) is 0. The maximum Gasteiger partial charge on any atom is 0.134 e. The Morgan fingerprint density at radius 2 is 2.20 bits per heavy atom. The predicted octanol–water partition coefficient (Wildman–Crippen LogP) is 2.07. The zero-order chi connectivity index (χ0) is 14.5. The van der Waals surface area contributed by atoms with Gasteiger partial charge in [-0.05, 0) is 25.7 Å². The number of nitrogens with zero attached hydrogens (tertiary/aromatic N) is 3. The molecule has 0 spiro atoms. The molecule has 2 atom stereocenters. The van der Waals surface area contributed by atoms with E-state index in [2.05, 4.69) is 41.0 Å². The van der Waals surface area contributed by atoms with E-state index in [4.69, 9.17) is 0 Å². The molecule has 1 fully saturated rings. The molecule has 1 aliphatic rings. The highest BCUT2D eigenvalue weighted by Gasteiger charge is 2.31. The van der Waals surface area contributed by atoms with Gasteiger partial charge in [-0.25, -0.2) is 9.97 Å². The van der Waals surface area contributed by atoms with E-state index in [1.54, 1.807) is 0 Å². The summed E-state index contributed by atoms with van der Waals surface area (Å²) in [7, 11) is 0. The average molecular weight is 278 g/mol. The molecule has 0 aliphatic carbocycles. The molecule has 20 heavy (non-hydrogen) atoms. The van der Waals surface area contributed by atoms with Crippen LogP contribution in [0.5, 0.6) is 0 Å². The van der Waals surface area contributed by atoms with Crippen LogP contribution >= 0.6 is 0 Å². The molecule has 5 heteroatoms. The number of nitrogens with one attached hydrogen (secondary N) is 1. The monoisotopic (exact) mass is 278 g/mol. The van der Waals surface area contributed by atoms with Gasteiger partial charge in [-0.1, -0.05) is 13.8 Å². The van der Waals surface area contributed by atoms with E-state index in [-0.39, 0.29) is 12.6 Å². The van der Waals surface area contributed by atoms with E-state index in [0.29, 0.717) is 5.92 Å². The molecule has 1 aromatic heterocycles. The third-order valence-electron chi connectivity index (χ3n) is 3.95. The van der Waals surface area contributed by atoms with Gasteiger partial charge >= 0.3 is 0 Å². The number of rotatable bonds is 6. The molecule has 2 N–H and O–H groups in total. The predicted molar refractivity (Wildman–Crippen MR) is 82.2 cm³/mol. The van der Waals surface area contributed by atoms with E-state index < -0.39 is 0 Å². The fraction of sp³-hybridized carbons (Fsp3) is 0.733. The molecule has 1 aromatic rings. The van der Waals surface area contributed by atoms with Crippen LogP contribution in [0.4, 0.5) is 11.6 Å². The molecule has 1 saturated heterocycles. The van der Waals surface area contributed by atoms with Crippen LogP contribution in [-0.4, -0.2) is 40.8 Å². The smallest absolute Gasteiger partial charge is 0.134 e. The summed E-state index contributed by atoms with van der Waals surface area (Å²) in [6.07, 6.45) is 3.03. The minimum Gasteiger partial charge on any atom is -0.394 e. The van der Waals surface area contributed by atoms with Crippen LogP contribution in [0.2, 0.25) is 0 Å². The second-order valence-corrected chi connectivity index (χ2v) is 5.52. The molecule has 2 heterocycles. The molecule has 5 nitrogen and oxygen atoms in total. The Hall–Kier alpha value is -1.36. The Balaban J connectivity index is 2.29. The molecule has 0 bridgehead atoms. The van der Waals surface area contributed by atoms with E-state index in [1.165, 1.54) is 0 Å². The third-order valence-corrected chi connectivity index (χ3v) is 3.95. The highest BCUT2D eigenvalue weighted by molar-refractivity contribution is 5.51. The van der Waals surface area contributed by atoms with Crippen molar-refractivity contribution in [3.8, 4) is 0 Å². The minimum absolute atomic E-state index is 0.175. The maximum atomic E-state index is 9.61. The molecule has 0 aromatic carbocycles. The molecular weight excluding hydrogens is 252 g/mol. The van der Waals surface area contributed by atoms with Gasteiger partial charge in [0.15, 0.2) is 0 Å². The van der Waals surface area contributed by atoms with Crippen LogP contribution in [-0.2, 0) is 6.42 Å². The first-order chi connectivity index (χ1) is 9.69. The second kappa shape index (κ2) is 6.88. The van der Waals surface area contributed by atoms with Crippen molar-refractivity contribution in [3.63, 3.8) is 0 Å². The molecule has 2 unspecified atom stereocenters. The van der Waals surface area contributed by atoms with Gasteiger partial charge in [-0.15, -0.1) is 0 Å². The number of anilines is 2. The van der Waals surface area contributed by atoms with Gasteiger partial charge in [0, 0.05) is 25.6 Å². The van der Waals surface area contributed by atoms with Crippen molar-refractivity contribution in [1.29, 1.82) is 0 Å². The van der Waals surface area contributed by atoms with E-state index in [9.17, 15) is 5.11 Å². The van der Waals surface area contributed by atoms with Crippen LogP contribution in [0.15, 0.2) is 6.07 Å². The van der Waals surface area contributed by atoms with Crippen molar-refractivity contribution >= 4 is 11.6 Å². The van der Waals surface area contributed by atoms with Gasteiger partial charge in [-0.3, -0.25) is 0 Å². The van der Waals surface area contributed by atoms with Gasteiger partial charge in [0.05, 0.1) is 12.6 Å². The maximum absolute atomic E-state index is 9.61. The number of hydrogen-bond acceptors (Lipinski definition) is 5. The van der Waals surface area contributed by atoms with Crippen molar-refractivity contribution < 1.29 is 5.11 Å². The fourth-order valence-electron chi connectivity index (χ4n) is 2.81. The molecule has 0 saturated carbocycles. The second-order valence-electron chi connectivity index (χ2n) is 5.52. The van der Waals surface area contributed by atoms with Crippen molar-refractivity contribution in [2.24, 2.45) is 5.92 Å². The summed E-state index contributed by atoms with van der Waals surface area (Å²) >= 11 is 0. The Morgan fingerprint density at radius 1 is 1.40 bits per heavy atom. The third kappa shape index (κ3) is 3.20. The molecule has 0 amide bonds. The minimum atomic E-state index is 0.175. The van der Waals surface area contributed by atoms with Crippen LogP contribution in [0.3, 0.4) is 0 Å². The highest BCUT2D eigenvalue weighted by Crippen LogP contribution is 2.29. The number of aliphatic hydroxyl groups is 1. The first kappa shape index (κ1) is 15.0. The summed E-state index contributed by atoms with van der Waals surface area (Å²) in [6.45, 7) is 8.39. The fourth-order valence-corrected chi connectivity index (χ4v) is 2.81. The Labute approximate surface area is 121 Å². The van der Waals surface area contributed by atoms with Crippen molar-refractivity contribution in [1.82, 2.24) is 9.97 Å². The largest absolute Gasteiger partial charge is 0.394 e. The summed E-state index contributed by atoms with van der Waals surface area (Å²) in [5.74, 6) is 3.23. The summed E-state index contributed by atoms with van der Waals surface area (Å²) in [6, 6.07) is 2.18. The normalized spacial score (nSPS) is 22.3. The summed E-state index contributed by atoms with van der Waals surface area (Å²) < 4.78 is 0. The topological polar surface area (TPSA) is 61.3 Å². The molecule has 1 aliphatic heterocycles. The van der Waals surface area contributed by atoms with Crippen LogP contribution in [0.25, 0.3) is 0 Å². The van der Waals surface area contributed by atoms with Crippen molar-refractivity contribution in [2.45, 2.75) is 46.1 Å². The number of hydrogen-bond donors (Lipinski definition) is 2. The lowest BCUT2D eigenvalue weighted by atomic mass is 10.0. The summed E-state index contributed by atoms with van der Waals surface area (Å²) in [5, 5.41) is 12.9. The SMILES string of the molecule is CCCc1nc(NCC)cc(N2CCC(C)C2CO)n1. The lowest BCUT2D eigenvalue weighted by molar-refractivity contribution is 0.244. The Morgan fingerprint density at radius 3 is 2.85 bits per heavy atom. The first-order valence-electron chi connectivity index (χ1n) is 7.68. The van der Waals surface area contributed by atoms with Gasteiger partial charge in [0.1, 0.15) is 17.5 Å². The van der Waals surface area contributed by atoms with Crippen molar-refractivity contribution in [3.05, 3.63) is 11.9 Å². The van der Waals surface area contributed by atoms with Gasteiger partial charge in [0.25, 0.3) is 0 Å². The molecular formula is C15H26N4O. The molecule has 2 rings (SSSR count). The summed E-state index contributed by atoms with van der Waals surface area (Å²) in [4.78, 5) is 11.5. The van der Waals surface area contributed by atoms with Crippen LogP contribution in [0, 0.1) is 5.92 Å². The first-order valence-corrected chi connectivity index (χ1v) is 7.68. The highest BCUT2D eigenvalue weighted by atomic mass is 16.3. The van der Waals surface area contributed by atoms with Gasteiger partial charge in [0.2, 0.25) is 0 Å². The van der Waals surface area contributed by atoms with E-state index in [0.717, 1.165) is 49.8 Å². The van der Waals surface area contributed by atoms with Crippen LogP contribution in [0.1, 0.15) is 39.4 Å².